The van der Waals surface area contributed by atoms with E-state index in [1.165, 1.54) is 49.8 Å². The Labute approximate surface area is 538 Å². The standard InChI is InChI=1S/C64H98N10O18/c1-14-36(8)52-48(75)32-51(78)92-54(35(6)7)58(82)68-43(29-33(2)3)60(84)74-28-16-18-45(74)62(86)72(12)47(31-39-19-21-40(89-13)22-20-39)64(88)90-37(9)53(57(81)69-52)70-56(80)46(30-34(4)5)71(11)61(85)44-17-15-27-73(44)59(83)38(10)91-63(87)42(23-25-49(65)76)67-55(79)41-24-26-50(77)66-41/h19-22,33-38,41-48,52-54,75H,14-18,23-32H2,1-13H3,(H2,65,76)(H,66,77)(H,67,79)(H,68,82)(H,69,81)(H,70,80)/t36-,37+,38-,41-,42-,43-,44-,45-,46+,47?,48-,52+,53-,54?/m0/s1. The molecule has 0 bridgehead atoms. The summed E-state index contributed by atoms with van der Waals surface area (Å²) in [5, 5.41) is 25.2. The van der Waals surface area contributed by atoms with Crippen LogP contribution >= 0.6 is 0 Å². The normalized spacial score (nSPS) is 26.1. The van der Waals surface area contributed by atoms with Crippen molar-refractivity contribution in [3.05, 3.63) is 29.8 Å². The molecular weight excluding hydrogens is 1200 g/mol. The summed E-state index contributed by atoms with van der Waals surface area (Å²) in [7, 11) is 4.22. The van der Waals surface area contributed by atoms with Crippen molar-refractivity contribution in [1.82, 2.24) is 46.2 Å². The number of primary amides is 1. The highest BCUT2D eigenvalue weighted by Crippen LogP contribution is 2.28. The van der Waals surface area contributed by atoms with Gasteiger partial charge in [0.25, 0.3) is 11.8 Å². The molecule has 0 aliphatic carbocycles. The molecule has 5 rings (SSSR count). The van der Waals surface area contributed by atoms with Crippen molar-refractivity contribution >= 4 is 77.0 Å². The second kappa shape index (κ2) is 34.1. The molecule has 28 heteroatoms. The molecule has 0 saturated carbocycles. The van der Waals surface area contributed by atoms with Gasteiger partial charge in [0.1, 0.15) is 60.2 Å². The summed E-state index contributed by atoms with van der Waals surface area (Å²) in [4.78, 5) is 187. The Bertz CT molecular complexity index is 2830. The Morgan fingerprint density at radius 2 is 1.51 bits per heavy atom. The number of hydrogen-bond donors (Lipinski definition) is 7. The van der Waals surface area contributed by atoms with Crippen LogP contribution in [0.2, 0.25) is 0 Å². The molecule has 0 spiro atoms. The van der Waals surface area contributed by atoms with Crippen LogP contribution in [0.3, 0.4) is 0 Å². The van der Waals surface area contributed by atoms with Crippen LogP contribution in [0.1, 0.15) is 152 Å². The highest BCUT2D eigenvalue weighted by atomic mass is 16.6. The van der Waals surface area contributed by atoms with Crippen molar-refractivity contribution < 1.29 is 86.4 Å². The van der Waals surface area contributed by atoms with E-state index in [0.29, 0.717) is 30.6 Å². The number of methoxy groups -OCH3 is 1. The predicted molar refractivity (Wildman–Crippen MR) is 331 cm³/mol. The van der Waals surface area contributed by atoms with E-state index in [1.807, 2.05) is 13.8 Å². The van der Waals surface area contributed by atoms with Gasteiger partial charge >= 0.3 is 17.9 Å². The number of aliphatic hydroxyl groups is 1. The van der Waals surface area contributed by atoms with Gasteiger partial charge in [0, 0.05) is 46.4 Å². The maximum atomic E-state index is 15.2. The summed E-state index contributed by atoms with van der Waals surface area (Å²) in [6.45, 7) is 16.8. The third kappa shape index (κ3) is 20.0. The smallest absolute Gasteiger partial charge is 0.329 e. The van der Waals surface area contributed by atoms with Crippen LogP contribution in [0, 0.1) is 23.7 Å². The van der Waals surface area contributed by atoms with Crippen LogP contribution in [-0.4, -0.2) is 215 Å². The minimum Gasteiger partial charge on any atom is -0.497 e. The van der Waals surface area contributed by atoms with Gasteiger partial charge < -0.3 is 76.0 Å². The molecule has 4 heterocycles. The molecule has 4 fully saturated rings. The molecule has 1 aromatic rings. The van der Waals surface area contributed by atoms with E-state index in [4.69, 9.17) is 24.7 Å². The highest BCUT2D eigenvalue weighted by molar-refractivity contribution is 5.98. The number of likely N-dealkylation sites (N-methyl/N-ethyl adjacent to an activating group) is 2. The summed E-state index contributed by atoms with van der Waals surface area (Å²) in [6, 6.07) is -5.04. The lowest BCUT2D eigenvalue weighted by atomic mass is 9.92. The number of carbonyl (C=O) groups is 13. The number of fused-ring (bicyclic) bond motifs is 1. The maximum absolute atomic E-state index is 15.2. The molecule has 2 unspecified atom stereocenters. The summed E-state index contributed by atoms with van der Waals surface area (Å²) in [5.41, 5.74) is 5.90. The van der Waals surface area contributed by atoms with Gasteiger partial charge in [-0.15, -0.1) is 0 Å². The molecule has 4 aliphatic rings. The Morgan fingerprint density at radius 3 is 2.10 bits per heavy atom. The van der Waals surface area contributed by atoms with Crippen molar-refractivity contribution in [2.45, 2.75) is 232 Å². The van der Waals surface area contributed by atoms with Gasteiger partial charge in [-0.25, -0.2) is 9.59 Å². The molecule has 92 heavy (non-hydrogen) atoms. The van der Waals surface area contributed by atoms with Gasteiger partial charge in [0.2, 0.25) is 47.3 Å². The third-order valence-corrected chi connectivity index (χ3v) is 17.5. The number of nitrogens with zero attached hydrogens (tertiary/aromatic N) is 4. The molecule has 0 radical (unpaired) electrons. The quantitative estimate of drug-likeness (QED) is 0.0620. The Hall–Kier alpha value is -7.91. The topological polar surface area (TPSA) is 378 Å². The molecule has 0 aromatic heterocycles. The average molecular weight is 1300 g/mol. The van der Waals surface area contributed by atoms with Crippen LogP contribution in [0.25, 0.3) is 0 Å². The number of ether oxygens (including phenoxy) is 4. The Balaban J connectivity index is 1.52. The first-order chi connectivity index (χ1) is 43.3. The van der Waals surface area contributed by atoms with Crippen molar-refractivity contribution in [1.29, 1.82) is 0 Å². The maximum Gasteiger partial charge on any atom is 0.329 e. The van der Waals surface area contributed by atoms with Gasteiger partial charge in [0.15, 0.2) is 12.2 Å². The number of nitrogens with one attached hydrogen (secondary N) is 5. The SMILES string of the molecule is CC[C@H](C)[C@H]1NC(=O)[C@@H](NC(=O)[C@@H](CC(C)C)N(C)C(=O)[C@@H]2CCCN2C(=O)[C@H](C)OC(=O)[C@H](CCC(N)=O)NC(=O)[C@@H]2CCC(=O)N2)[C@@H](C)OC(=O)C(Cc2ccc(OC)cc2)N(C)C(=O)[C@@H]2CCCN2C(=O)[C@H](CC(C)C)NC(=O)C(C(C)C)OC(=O)C[C@@H]1O. The van der Waals surface area contributed by atoms with E-state index in [-0.39, 0.29) is 88.6 Å². The number of hydrogen-bond acceptors (Lipinski definition) is 18. The van der Waals surface area contributed by atoms with Gasteiger partial charge in [0.05, 0.1) is 25.7 Å². The van der Waals surface area contributed by atoms with E-state index in [2.05, 4.69) is 26.6 Å². The number of rotatable bonds is 22. The van der Waals surface area contributed by atoms with Crippen molar-refractivity contribution in [3.8, 4) is 5.75 Å². The number of aliphatic hydroxyl groups excluding tert-OH is 1. The minimum absolute atomic E-state index is 0.0182. The lowest BCUT2D eigenvalue weighted by Crippen LogP contribution is -2.62. The van der Waals surface area contributed by atoms with Crippen LogP contribution in [0.15, 0.2) is 24.3 Å². The van der Waals surface area contributed by atoms with Crippen LogP contribution < -0.4 is 37.1 Å². The van der Waals surface area contributed by atoms with E-state index < -0.39 is 168 Å². The number of cyclic esters (lactones) is 2. The number of amides is 10. The van der Waals surface area contributed by atoms with Crippen molar-refractivity contribution in [2.24, 2.45) is 29.4 Å². The Kier molecular flexibility index (Phi) is 27.8. The van der Waals surface area contributed by atoms with Crippen molar-refractivity contribution in [2.75, 3.05) is 34.3 Å². The first kappa shape index (κ1) is 74.8. The fourth-order valence-electron chi connectivity index (χ4n) is 12.0. The van der Waals surface area contributed by atoms with Crippen molar-refractivity contribution in [3.63, 3.8) is 0 Å². The summed E-state index contributed by atoms with van der Waals surface area (Å²) < 4.78 is 22.9. The highest BCUT2D eigenvalue weighted by Gasteiger charge is 2.46. The summed E-state index contributed by atoms with van der Waals surface area (Å²) in [6.07, 6.45) is -6.01. The Morgan fingerprint density at radius 1 is 0.848 bits per heavy atom. The molecular formula is C64H98N10O18. The first-order valence-electron chi connectivity index (χ1n) is 32.1. The monoisotopic (exact) mass is 1290 g/mol. The minimum atomic E-state index is -1.82. The lowest BCUT2D eigenvalue weighted by molar-refractivity contribution is -0.163. The number of esters is 3. The molecule has 4 aliphatic heterocycles. The lowest BCUT2D eigenvalue weighted by Gasteiger charge is -2.36. The molecule has 28 nitrogen and oxygen atoms in total. The number of carbonyl (C=O) groups excluding carboxylic acids is 13. The molecule has 8 N–H and O–H groups in total. The summed E-state index contributed by atoms with van der Waals surface area (Å²) in [5.74, 6) is -11.5. The number of likely N-dealkylation sites (tertiary alicyclic amines) is 1. The van der Waals surface area contributed by atoms with Crippen LogP contribution in [-0.2, 0) is 83.0 Å². The van der Waals surface area contributed by atoms with E-state index in [1.54, 1.807) is 65.8 Å². The predicted octanol–water partition coefficient (Wildman–Crippen LogP) is 0.691. The van der Waals surface area contributed by atoms with E-state index in [9.17, 15) is 53.1 Å². The number of benzene rings is 1. The molecule has 10 amide bonds. The molecule has 512 valence electrons. The second-order valence-electron chi connectivity index (χ2n) is 26.0. The fraction of sp³-hybridized carbons (Fsp3) is 0.703. The van der Waals surface area contributed by atoms with Gasteiger partial charge in [-0.05, 0) is 107 Å². The second-order valence-corrected chi connectivity index (χ2v) is 26.0. The van der Waals surface area contributed by atoms with E-state index in [0.717, 1.165) is 4.90 Å². The largest absolute Gasteiger partial charge is 0.497 e. The first-order valence-corrected chi connectivity index (χ1v) is 32.1. The average Bonchev–Trinajstić information content (AvgIpc) is 1.58. The third-order valence-electron chi connectivity index (χ3n) is 17.5. The van der Waals surface area contributed by atoms with Gasteiger partial charge in [-0.3, -0.25) is 52.7 Å². The van der Waals surface area contributed by atoms with Crippen LogP contribution in [0.4, 0.5) is 0 Å². The molecule has 1 aromatic carbocycles. The van der Waals surface area contributed by atoms with Gasteiger partial charge in [-0.2, -0.15) is 0 Å². The zero-order chi connectivity index (χ0) is 68.6. The molecule has 14 atom stereocenters. The zero-order valence-electron chi connectivity index (χ0n) is 55.5. The zero-order valence-corrected chi connectivity index (χ0v) is 55.5. The van der Waals surface area contributed by atoms with E-state index >= 15 is 14.4 Å². The molecule has 4 saturated heterocycles. The summed E-state index contributed by atoms with van der Waals surface area (Å²) >= 11 is 0. The fourth-order valence-corrected chi connectivity index (χ4v) is 12.0. The van der Waals surface area contributed by atoms with Gasteiger partial charge in [-0.1, -0.05) is 73.9 Å². The van der Waals surface area contributed by atoms with Crippen LogP contribution in [0.5, 0.6) is 5.75 Å². The number of nitrogens with two attached hydrogens (primary N) is 1.